The average Bonchev–Trinajstić information content (AvgIpc) is 3.23. The number of anilines is 2. The molecule has 3 heterocycles. The lowest BCUT2D eigenvalue weighted by Gasteiger charge is -2.20. The average molecular weight is 441 g/mol. The molecule has 2 aromatic rings. The summed E-state index contributed by atoms with van der Waals surface area (Å²) in [5.74, 6) is -1.10. The third-order valence-corrected chi connectivity index (χ3v) is 5.87. The molecule has 1 saturated heterocycles. The van der Waals surface area contributed by atoms with E-state index < -0.39 is 35.5 Å². The van der Waals surface area contributed by atoms with Crippen molar-refractivity contribution >= 4 is 34.4 Å². The smallest absolute Gasteiger partial charge is 0.287 e. The monoisotopic (exact) mass is 441 g/mol. The highest BCUT2D eigenvalue weighted by molar-refractivity contribution is 8.14. The van der Waals surface area contributed by atoms with Crippen LogP contribution < -0.4 is 20.7 Å². The highest BCUT2D eigenvalue weighted by Crippen LogP contribution is 2.40. The van der Waals surface area contributed by atoms with Crippen LogP contribution >= 0.6 is 11.8 Å². The van der Waals surface area contributed by atoms with Gasteiger partial charge in [-0.1, -0.05) is 11.8 Å². The number of alkyl halides is 2. The Balaban J connectivity index is 1.73. The fourth-order valence-electron chi connectivity index (χ4n) is 3.32. The molecule has 2 atom stereocenters. The molecule has 3 N–H and O–H groups in total. The van der Waals surface area contributed by atoms with Crippen molar-refractivity contribution in [3.05, 3.63) is 24.1 Å². The molecule has 1 aromatic heterocycles. The Kier molecular flexibility index (Phi) is 5.26. The van der Waals surface area contributed by atoms with Gasteiger partial charge in [0.2, 0.25) is 5.91 Å². The van der Waals surface area contributed by atoms with Crippen molar-refractivity contribution in [1.29, 1.82) is 0 Å². The number of primary amides is 1. The second-order valence-electron chi connectivity index (χ2n) is 6.89. The maximum Gasteiger partial charge on any atom is 0.287 e. The number of nitrogens with two attached hydrogens (primary N) is 1. The molecule has 0 bridgehead atoms. The molecule has 0 saturated carbocycles. The van der Waals surface area contributed by atoms with Crippen LogP contribution in [0.5, 0.6) is 5.75 Å². The van der Waals surface area contributed by atoms with Crippen LogP contribution in [-0.2, 0) is 11.3 Å². The number of benzene rings is 1. The number of amides is 2. The second kappa shape index (κ2) is 7.74. The summed E-state index contributed by atoms with van der Waals surface area (Å²) in [6.45, 7) is 1.88. The summed E-state index contributed by atoms with van der Waals surface area (Å²) in [4.78, 5) is 28.7. The van der Waals surface area contributed by atoms with Gasteiger partial charge in [0, 0.05) is 11.9 Å². The van der Waals surface area contributed by atoms with Crippen LogP contribution in [0.1, 0.15) is 6.92 Å². The van der Waals surface area contributed by atoms with E-state index in [1.807, 2.05) is 0 Å². The molecular weight excluding hydrogens is 423 g/mol. The van der Waals surface area contributed by atoms with E-state index in [-0.39, 0.29) is 36.2 Å². The maximum absolute atomic E-state index is 15.0. The zero-order chi connectivity index (χ0) is 21.6. The van der Waals surface area contributed by atoms with Gasteiger partial charge in [-0.3, -0.25) is 14.5 Å². The first-order valence-electron chi connectivity index (χ1n) is 9.10. The molecule has 8 nitrogen and oxygen atoms in total. The van der Waals surface area contributed by atoms with Gasteiger partial charge in [-0.05, 0) is 19.1 Å². The number of aromatic nitrogens is 2. The molecule has 30 heavy (non-hydrogen) atoms. The molecular formula is C18H18F3N5O3S. The number of fused-ring (bicyclic) bond motifs is 3. The van der Waals surface area contributed by atoms with Crippen LogP contribution in [0.15, 0.2) is 18.3 Å². The van der Waals surface area contributed by atoms with Gasteiger partial charge in [0.15, 0.2) is 17.4 Å². The molecule has 0 radical (unpaired) electrons. The van der Waals surface area contributed by atoms with Gasteiger partial charge < -0.3 is 20.4 Å². The first-order valence-corrected chi connectivity index (χ1v) is 10.1. The van der Waals surface area contributed by atoms with Crippen molar-refractivity contribution in [2.75, 3.05) is 22.6 Å². The van der Waals surface area contributed by atoms with E-state index in [1.54, 1.807) is 10.6 Å². The third kappa shape index (κ3) is 3.44. The lowest BCUT2D eigenvalue weighted by molar-refractivity contribution is -0.118. The number of thioether (sulfide) groups is 1. The van der Waals surface area contributed by atoms with Crippen LogP contribution in [0.3, 0.4) is 0 Å². The minimum atomic E-state index is -2.71. The van der Waals surface area contributed by atoms with Crippen molar-refractivity contribution in [3.8, 4) is 17.1 Å². The summed E-state index contributed by atoms with van der Waals surface area (Å²) >= 11 is 0.812. The Bertz CT molecular complexity index is 1020. The maximum atomic E-state index is 15.0. The van der Waals surface area contributed by atoms with Gasteiger partial charge in [0.25, 0.3) is 11.7 Å². The molecule has 0 unspecified atom stereocenters. The van der Waals surface area contributed by atoms with Gasteiger partial charge >= 0.3 is 0 Å². The Morgan fingerprint density at radius 3 is 2.90 bits per heavy atom. The van der Waals surface area contributed by atoms with Crippen LogP contribution in [-0.4, -0.2) is 51.6 Å². The number of hydrogen-bond acceptors (Lipinski definition) is 6. The summed E-state index contributed by atoms with van der Waals surface area (Å²) in [7, 11) is 0. The molecule has 12 heteroatoms. The Morgan fingerprint density at radius 1 is 1.43 bits per heavy atom. The van der Waals surface area contributed by atoms with Gasteiger partial charge in [-0.2, -0.15) is 0 Å². The standard InChI is InChI=1S/C18H18F3N5O3S/c1-8(16(22)27)23-10-3-2-9-14(13(10)19)29-5-4-25-6-12(24-17(9)25)26-11(15(20)21)7-30-18(26)28/h2-3,6,8,11,15,23H,4-5,7H2,1H3,(H2,22,27)/t8-,11-/m0/s1. The number of rotatable bonds is 5. The van der Waals surface area contributed by atoms with Crippen molar-refractivity contribution in [1.82, 2.24) is 9.55 Å². The van der Waals surface area contributed by atoms with E-state index in [9.17, 15) is 18.4 Å². The minimum absolute atomic E-state index is 0.0277. The molecule has 160 valence electrons. The highest BCUT2D eigenvalue weighted by Gasteiger charge is 2.41. The number of halogens is 3. The first kappa shape index (κ1) is 20.4. The number of ether oxygens (including phenoxy) is 1. The summed E-state index contributed by atoms with van der Waals surface area (Å²) in [6, 6.07) is 0.894. The fourth-order valence-corrected chi connectivity index (χ4v) is 4.30. The molecule has 1 aromatic carbocycles. The van der Waals surface area contributed by atoms with Crippen molar-refractivity contribution < 1.29 is 27.5 Å². The highest BCUT2D eigenvalue weighted by atomic mass is 32.2. The molecule has 0 aliphatic carbocycles. The van der Waals surface area contributed by atoms with Gasteiger partial charge in [-0.15, -0.1) is 0 Å². The largest absolute Gasteiger partial charge is 0.488 e. The lowest BCUT2D eigenvalue weighted by atomic mass is 10.1. The molecule has 2 aliphatic heterocycles. The van der Waals surface area contributed by atoms with Crippen molar-refractivity contribution in [3.63, 3.8) is 0 Å². The van der Waals surface area contributed by atoms with Gasteiger partial charge in [0.05, 0.1) is 17.8 Å². The van der Waals surface area contributed by atoms with E-state index in [0.717, 1.165) is 16.7 Å². The second-order valence-corrected chi connectivity index (χ2v) is 7.86. The number of imidazole rings is 1. The summed E-state index contributed by atoms with van der Waals surface area (Å²) in [6.07, 6.45) is -1.22. The predicted molar refractivity (Wildman–Crippen MR) is 106 cm³/mol. The number of carbonyl (C=O) groups is 2. The van der Waals surface area contributed by atoms with E-state index >= 15 is 4.39 Å². The van der Waals surface area contributed by atoms with Crippen LogP contribution in [0.4, 0.5) is 29.5 Å². The zero-order valence-electron chi connectivity index (χ0n) is 15.8. The summed E-state index contributed by atoms with van der Waals surface area (Å²) < 4.78 is 48.9. The summed E-state index contributed by atoms with van der Waals surface area (Å²) in [5, 5.41) is 2.18. The van der Waals surface area contributed by atoms with Gasteiger partial charge in [-0.25, -0.2) is 18.2 Å². The van der Waals surface area contributed by atoms with Crippen LogP contribution in [0.2, 0.25) is 0 Å². The van der Waals surface area contributed by atoms with E-state index in [0.29, 0.717) is 11.4 Å². The summed E-state index contributed by atoms with van der Waals surface area (Å²) in [5.41, 5.74) is 5.55. The quantitative estimate of drug-likeness (QED) is 0.740. The fraction of sp³-hybridized carbons (Fsp3) is 0.389. The van der Waals surface area contributed by atoms with Crippen LogP contribution in [0, 0.1) is 5.82 Å². The molecule has 2 amide bonds. The molecule has 4 rings (SSSR count). The van der Waals surface area contributed by atoms with Gasteiger partial charge in [0.1, 0.15) is 24.5 Å². The number of nitrogens with one attached hydrogen (secondary N) is 1. The van der Waals surface area contributed by atoms with Crippen LogP contribution in [0.25, 0.3) is 11.4 Å². The zero-order valence-corrected chi connectivity index (χ0v) is 16.6. The van der Waals surface area contributed by atoms with E-state index in [4.69, 9.17) is 10.5 Å². The Labute approximate surface area is 173 Å². The number of nitrogens with zero attached hydrogens (tertiary/aromatic N) is 3. The Hall–Kier alpha value is -2.89. The SMILES string of the molecule is C[C@H](Nc1ccc2c(c1F)OCCn1cc(N3C(=O)SC[C@H]3C(F)F)nc1-2)C(N)=O. The molecule has 1 fully saturated rings. The third-order valence-electron chi connectivity index (χ3n) is 4.92. The topological polar surface area (TPSA) is 102 Å². The Morgan fingerprint density at radius 2 is 2.20 bits per heavy atom. The minimum Gasteiger partial charge on any atom is -0.488 e. The first-order chi connectivity index (χ1) is 14.3. The normalized spacial score (nSPS) is 19.2. The molecule has 0 spiro atoms. The predicted octanol–water partition coefficient (Wildman–Crippen LogP) is 2.67. The van der Waals surface area contributed by atoms with Crippen molar-refractivity contribution in [2.24, 2.45) is 5.73 Å². The number of hydrogen-bond donors (Lipinski definition) is 2. The van der Waals surface area contributed by atoms with E-state index in [2.05, 4.69) is 10.3 Å². The van der Waals surface area contributed by atoms with Crippen molar-refractivity contribution in [2.45, 2.75) is 32.0 Å². The molecule has 2 aliphatic rings. The number of carbonyl (C=O) groups excluding carboxylic acids is 2. The lowest BCUT2D eigenvalue weighted by Crippen LogP contribution is -2.38. The van der Waals surface area contributed by atoms with E-state index in [1.165, 1.54) is 19.2 Å².